The number of hydrogen-bond acceptors (Lipinski definition) is 10. The van der Waals surface area contributed by atoms with Gasteiger partial charge in [-0.25, -0.2) is 19.1 Å². The Bertz CT molecular complexity index is 1300. The van der Waals surface area contributed by atoms with Crippen LogP contribution in [0.5, 0.6) is 0 Å². The van der Waals surface area contributed by atoms with E-state index < -0.39 is 40.8 Å². The minimum absolute atomic E-state index is 0.0903. The summed E-state index contributed by atoms with van der Waals surface area (Å²) in [6.07, 6.45) is 4.18. The Balaban J connectivity index is 1.39. The molecular formula is C22H23N6O7S2+. The van der Waals surface area contributed by atoms with Crippen molar-refractivity contribution < 1.29 is 38.8 Å². The van der Waals surface area contributed by atoms with E-state index in [-0.39, 0.29) is 17.2 Å². The van der Waals surface area contributed by atoms with Crippen molar-refractivity contribution in [1.82, 2.24) is 15.2 Å². The molecule has 0 spiro atoms. The van der Waals surface area contributed by atoms with Gasteiger partial charge in [-0.3, -0.25) is 14.5 Å². The molecule has 1 fully saturated rings. The van der Waals surface area contributed by atoms with Crippen molar-refractivity contribution in [2.45, 2.75) is 36.9 Å². The molecule has 1 saturated heterocycles. The summed E-state index contributed by atoms with van der Waals surface area (Å²) in [6, 6.07) is 4.51. The Morgan fingerprint density at radius 1 is 1.35 bits per heavy atom. The number of carboxylic acids is 2. The van der Waals surface area contributed by atoms with Crippen LogP contribution in [0.4, 0.5) is 5.13 Å². The zero-order valence-electron chi connectivity index (χ0n) is 19.4. The number of nitrogens with zero attached hydrogens (tertiary/aromatic N) is 4. The first-order valence-electron chi connectivity index (χ1n) is 10.9. The number of nitrogen functional groups attached to an aromatic ring is 1. The van der Waals surface area contributed by atoms with Crippen molar-refractivity contribution in [2.24, 2.45) is 5.16 Å². The van der Waals surface area contributed by atoms with Crippen LogP contribution in [0.3, 0.4) is 0 Å². The van der Waals surface area contributed by atoms with Crippen LogP contribution < -0.4 is 15.6 Å². The van der Waals surface area contributed by atoms with Crippen molar-refractivity contribution in [1.29, 1.82) is 0 Å². The number of β-lactam (4-membered cyclic amide) rings is 1. The summed E-state index contributed by atoms with van der Waals surface area (Å²) in [5, 5.41) is 26.6. The van der Waals surface area contributed by atoms with E-state index in [0.717, 1.165) is 17.6 Å². The Morgan fingerprint density at radius 2 is 2.08 bits per heavy atom. The molecular weight excluding hydrogens is 524 g/mol. The third-order valence-electron chi connectivity index (χ3n) is 5.66. The van der Waals surface area contributed by atoms with Gasteiger partial charge in [0, 0.05) is 35.3 Å². The van der Waals surface area contributed by atoms with Crippen LogP contribution >= 0.6 is 23.1 Å². The monoisotopic (exact) mass is 547 g/mol. The molecule has 194 valence electrons. The third-order valence-corrected chi connectivity index (χ3v) is 7.73. The van der Waals surface area contributed by atoms with Crippen LogP contribution in [0.2, 0.25) is 0 Å². The van der Waals surface area contributed by atoms with Crippen LogP contribution in [-0.2, 0) is 37.0 Å². The fourth-order valence-corrected chi connectivity index (χ4v) is 5.74. The largest absolute Gasteiger partial charge is 0.478 e. The average Bonchev–Trinajstić information content (AvgIpc) is 3.26. The molecule has 2 amide bonds. The molecule has 2 aromatic heterocycles. The number of hydrogen-bond donors (Lipinski definition) is 4. The van der Waals surface area contributed by atoms with Gasteiger partial charge in [-0.15, -0.1) is 23.1 Å². The standard InChI is InChI=1S/C22H22N6O7S2/c1-22(20(33)34,7-13-11-37-21(23)25-13)35-24-8-14(29)26-15-17(30)28-16(19(31)32)12(10-36-18(15)28)9-27-5-3-2-4-6-27/h2-6,8,11,15,18H,7,9-10H2,1H3,(H4-,23,25,26,29,31,32,33,34)/p+1/t15-,18-,22?/m1/s1. The summed E-state index contributed by atoms with van der Waals surface area (Å²) in [5.41, 5.74) is 4.64. The summed E-state index contributed by atoms with van der Waals surface area (Å²) in [5.74, 6) is -3.54. The lowest BCUT2D eigenvalue weighted by molar-refractivity contribution is -0.689. The van der Waals surface area contributed by atoms with Crippen molar-refractivity contribution in [3.05, 3.63) is 52.9 Å². The van der Waals surface area contributed by atoms with Gasteiger partial charge in [0.1, 0.15) is 23.3 Å². The van der Waals surface area contributed by atoms with Gasteiger partial charge in [0.05, 0.1) is 5.69 Å². The molecule has 13 nitrogen and oxygen atoms in total. The molecule has 4 heterocycles. The molecule has 0 radical (unpaired) electrons. The Labute approximate surface area is 218 Å². The lowest BCUT2D eigenvalue weighted by Gasteiger charge is -2.49. The minimum Gasteiger partial charge on any atom is -0.478 e. The van der Waals surface area contributed by atoms with Gasteiger partial charge >= 0.3 is 11.9 Å². The average molecular weight is 548 g/mol. The number of nitrogens with two attached hydrogens (primary N) is 1. The van der Waals surface area contributed by atoms with E-state index >= 15 is 0 Å². The highest BCUT2D eigenvalue weighted by atomic mass is 32.2. The van der Waals surface area contributed by atoms with Gasteiger partial charge in [0.25, 0.3) is 11.8 Å². The first-order chi connectivity index (χ1) is 17.6. The second-order valence-corrected chi connectivity index (χ2v) is 10.4. The molecule has 0 bridgehead atoms. The maximum atomic E-state index is 12.8. The number of anilines is 1. The third kappa shape index (κ3) is 5.56. The number of oxime groups is 1. The summed E-state index contributed by atoms with van der Waals surface area (Å²) in [4.78, 5) is 59.2. The van der Waals surface area contributed by atoms with Gasteiger partial charge in [-0.05, 0) is 6.92 Å². The zero-order valence-corrected chi connectivity index (χ0v) is 21.1. The topological polar surface area (TPSA) is 188 Å². The normalized spacial score (nSPS) is 20.7. The number of thioether (sulfide) groups is 1. The summed E-state index contributed by atoms with van der Waals surface area (Å²) >= 11 is 2.49. The highest BCUT2D eigenvalue weighted by Gasteiger charge is 2.54. The Kier molecular flexibility index (Phi) is 7.45. The van der Waals surface area contributed by atoms with E-state index in [2.05, 4.69) is 15.5 Å². The maximum Gasteiger partial charge on any atom is 0.352 e. The quantitative estimate of drug-likeness (QED) is 0.135. The van der Waals surface area contributed by atoms with E-state index in [9.17, 15) is 29.4 Å². The van der Waals surface area contributed by atoms with Gasteiger partial charge in [-0.1, -0.05) is 11.2 Å². The number of thiazole rings is 1. The van der Waals surface area contributed by atoms with E-state index in [1.807, 2.05) is 22.8 Å². The Hall–Kier alpha value is -3.98. The van der Waals surface area contributed by atoms with Crippen molar-refractivity contribution in [3.8, 4) is 0 Å². The van der Waals surface area contributed by atoms with Gasteiger partial charge in [-0.2, -0.15) is 0 Å². The number of carbonyl (C=O) groups excluding carboxylic acids is 2. The molecule has 0 saturated carbocycles. The number of nitrogens with one attached hydrogen (secondary N) is 1. The zero-order chi connectivity index (χ0) is 26.7. The first-order valence-corrected chi connectivity index (χ1v) is 12.8. The lowest BCUT2D eigenvalue weighted by atomic mass is 10.0. The fraction of sp³-hybridized carbons (Fsp3) is 0.318. The maximum absolute atomic E-state index is 12.8. The molecule has 0 aliphatic carbocycles. The van der Waals surface area contributed by atoms with Crippen molar-refractivity contribution in [2.75, 3.05) is 11.5 Å². The number of carbonyl (C=O) groups is 4. The fourth-order valence-electron chi connectivity index (χ4n) is 3.84. The number of aliphatic carboxylic acids is 2. The van der Waals surface area contributed by atoms with Crippen molar-refractivity contribution >= 4 is 58.2 Å². The number of rotatable bonds is 10. The van der Waals surface area contributed by atoms with Crippen LogP contribution in [0.1, 0.15) is 12.6 Å². The molecule has 1 unspecified atom stereocenters. The molecule has 5 N–H and O–H groups in total. The second kappa shape index (κ2) is 10.6. The van der Waals surface area contributed by atoms with E-state index in [1.54, 1.807) is 17.8 Å². The molecule has 2 aliphatic heterocycles. The molecule has 15 heteroatoms. The summed E-state index contributed by atoms with van der Waals surface area (Å²) < 4.78 is 1.81. The molecule has 2 aromatic rings. The van der Waals surface area contributed by atoms with E-state index in [1.165, 1.54) is 23.6 Å². The van der Waals surface area contributed by atoms with Crippen LogP contribution in [0.15, 0.2) is 52.4 Å². The number of fused-ring (bicyclic) bond motifs is 1. The number of amides is 2. The summed E-state index contributed by atoms with van der Waals surface area (Å²) in [7, 11) is 0. The Morgan fingerprint density at radius 3 is 2.70 bits per heavy atom. The highest BCUT2D eigenvalue weighted by Crippen LogP contribution is 2.40. The number of aromatic nitrogens is 2. The number of pyridine rings is 1. The minimum atomic E-state index is -1.81. The molecule has 0 aromatic carbocycles. The molecule has 3 atom stereocenters. The van der Waals surface area contributed by atoms with Gasteiger partial charge in [0.15, 0.2) is 24.1 Å². The second-order valence-electron chi connectivity index (χ2n) is 8.42. The smallest absolute Gasteiger partial charge is 0.352 e. The summed E-state index contributed by atoms with van der Waals surface area (Å²) in [6.45, 7) is 1.58. The van der Waals surface area contributed by atoms with Crippen LogP contribution in [0, 0.1) is 0 Å². The SMILES string of the molecule is CC(Cc1csc(N)n1)(ON=CC(=O)N[C@@H]1C(=O)N2C(C(=O)O)=C(C[n+]3ccccc3)CS[C@H]12)C(=O)O. The van der Waals surface area contributed by atoms with Crippen LogP contribution in [-0.4, -0.2) is 72.8 Å². The van der Waals surface area contributed by atoms with E-state index in [4.69, 9.17) is 10.6 Å². The number of carboxylic acid groups (broad SMARTS) is 2. The lowest BCUT2D eigenvalue weighted by Crippen LogP contribution is -2.70. The highest BCUT2D eigenvalue weighted by molar-refractivity contribution is 8.00. The van der Waals surface area contributed by atoms with E-state index in [0.29, 0.717) is 23.6 Å². The predicted octanol–water partition coefficient (Wildman–Crippen LogP) is -0.160. The van der Waals surface area contributed by atoms with Crippen LogP contribution in [0.25, 0.3) is 0 Å². The first kappa shape index (κ1) is 26.1. The molecule has 4 rings (SSSR count). The predicted molar refractivity (Wildman–Crippen MR) is 132 cm³/mol. The molecule has 37 heavy (non-hydrogen) atoms. The van der Waals surface area contributed by atoms with Gasteiger partial charge in [0.2, 0.25) is 5.60 Å². The molecule has 2 aliphatic rings. The van der Waals surface area contributed by atoms with Gasteiger partial charge < -0.3 is 26.1 Å². The van der Waals surface area contributed by atoms with Crippen molar-refractivity contribution in [3.63, 3.8) is 0 Å².